The van der Waals surface area contributed by atoms with Crippen LogP contribution in [-0.4, -0.2) is 23.6 Å². The predicted octanol–water partition coefficient (Wildman–Crippen LogP) is 3.82. The Morgan fingerprint density at radius 2 is 1.83 bits per heavy atom. The van der Waals surface area contributed by atoms with E-state index in [1.807, 2.05) is 31.2 Å². The highest BCUT2D eigenvalue weighted by Crippen LogP contribution is 2.26. The van der Waals surface area contributed by atoms with Crippen LogP contribution in [0.4, 0.5) is 5.69 Å². The zero-order valence-corrected chi connectivity index (χ0v) is 14.7. The van der Waals surface area contributed by atoms with Gasteiger partial charge in [0.1, 0.15) is 0 Å². The van der Waals surface area contributed by atoms with E-state index in [0.29, 0.717) is 5.92 Å². The van der Waals surface area contributed by atoms with Crippen LogP contribution >= 0.6 is 11.8 Å². The number of anilines is 1. The number of benzene rings is 1. The van der Waals surface area contributed by atoms with Crippen molar-refractivity contribution in [1.82, 2.24) is 5.32 Å². The molecule has 1 atom stereocenters. The molecular weight excluding hydrogens is 308 g/mol. The normalized spacial score (nSPS) is 16.6. The molecule has 0 spiro atoms. The summed E-state index contributed by atoms with van der Waals surface area (Å²) < 4.78 is 0. The molecular formula is C18H26N2O2S. The molecule has 2 amide bonds. The van der Waals surface area contributed by atoms with Crippen LogP contribution in [0, 0.1) is 5.92 Å². The fraction of sp³-hybridized carbons (Fsp3) is 0.556. The molecule has 0 heterocycles. The lowest BCUT2D eigenvalue weighted by Gasteiger charge is -2.22. The average Bonchev–Trinajstić information content (AvgIpc) is 2.55. The Labute approximate surface area is 142 Å². The molecule has 1 saturated carbocycles. The number of carbonyl (C=O) groups is 2. The highest BCUT2D eigenvalue weighted by atomic mass is 32.2. The van der Waals surface area contributed by atoms with Gasteiger partial charge in [0.05, 0.1) is 5.25 Å². The topological polar surface area (TPSA) is 58.2 Å². The standard InChI is InChI=1S/C18H26N2O2S/c1-13(18(22)19-12-15-6-4-3-5-7-15)23-17-10-8-16(9-11-17)20-14(2)21/h8-11,13,15H,3-7,12H2,1-2H3,(H,19,22)(H,20,21). The van der Waals surface area contributed by atoms with Gasteiger partial charge in [-0.1, -0.05) is 19.3 Å². The van der Waals surface area contributed by atoms with Crippen LogP contribution in [0.3, 0.4) is 0 Å². The number of hydrogen-bond donors (Lipinski definition) is 2. The van der Waals surface area contributed by atoms with E-state index in [9.17, 15) is 9.59 Å². The van der Waals surface area contributed by atoms with E-state index >= 15 is 0 Å². The average molecular weight is 334 g/mol. The SMILES string of the molecule is CC(=O)Nc1ccc(SC(C)C(=O)NCC2CCCCC2)cc1. The summed E-state index contributed by atoms with van der Waals surface area (Å²) in [6.07, 6.45) is 6.42. The van der Waals surface area contributed by atoms with Crippen LogP contribution in [-0.2, 0) is 9.59 Å². The second-order valence-corrected chi connectivity index (χ2v) is 7.63. The first-order chi connectivity index (χ1) is 11.0. The second kappa shape index (κ2) is 8.96. The van der Waals surface area contributed by atoms with Crippen LogP contribution in [0.2, 0.25) is 0 Å². The molecule has 23 heavy (non-hydrogen) atoms. The Hall–Kier alpha value is -1.49. The fourth-order valence-electron chi connectivity index (χ4n) is 2.86. The lowest BCUT2D eigenvalue weighted by atomic mass is 9.89. The largest absolute Gasteiger partial charge is 0.355 e. The quantitative estimate of drug-likeness (QED) is 0.778. The van der Waals surface area contributed by atoms with Gasteiger partial charge in [0.15, 0.2) is 0 Å². The Morgan fingerprint density at radius 1 is 1.17 bits per heavy atom. The van der Waals surface area contributed by atoms with Crippen LogP contribution < -0.4 is 10.6 Å². The minimum Gasteiger partial charge on any atom is -0.355 e. The van der Waals surface area contributed by atoms with Crippen molar-refractivity contribution in [2.75, 3.05) is 11.9 Å². The monoisotopic (exact) mass is 334 g/mol. The molecule has 1 aromatic rings. The van der Waals surface area contributed by atoms with Crippen LogP contribution in [0.15, 0.2) is 29.2 Å². The highest BCUT2D eigenvalue weighted by Gasteiger charge is 2.18. The lowest BCUT2D eigenvalue weighted by molar-refractivity contribution is -0.120. The van der Waals surface area contributed by atoms with Crippen LogP contribution in [0.1, 0.15) is 46.0 Å². The molecule has 1 aliphatic rings. The van der Waals surface area contributed by atoms with E-state index in [0.717, 1.165) is 17.1 Å². The van der Waals surface area contributed by atoms with Crippen molar-refractivity contribution < 1.29 is 9.59 Å². The van der Waals surface area contributed by atoms with Crippen molar-refractivity contribution in [3.8, 4) is 0 Å². The van der Waals surface area contributed by atoms with Gasteiger partial charge in [-0.05, 0) is 49.9 Å². The van der Waals surface area contributed by atoms with E-state index in [4.69, 9.17) is 0 Å². The summed E-state index contributed by atoms with van der Waals surface area (Å²) in [5.41, 5.74) is 0.774. The zero-order valence-electron chi connectivity index (χ0n) is 13.9. The molecule has 2 rings (SSSR count). The second-order valence-electron chi connectivity index (χ2n) is 6.21. The first kappa shape index (κ1) is 17.9. The molecule has 1 fully saturated rings. The van der Waals surface area contributed by atoms with Gasteiger partial charge >= 0.3 is 0 Å². The third-order valence-corrected chi connectivity index (χ3v) is 5.26. The van der Waals surface area contributed by atoms with Gasteiger partial charge in [0.25, 0.3) is 0 Å². The molecule has 0 aliphatic heterocycles. The molecule has 1 aromatic carbocycles. The smallest absolute Gasteiger partial charge is 0.233 e. The Kier molecular flexibility index (Phi) is 6.96. The third-order valence-electron chi connectivity index (χ3n) is 4.15. The van der Waals surface area contributed by atoms with Gasteiger partial charge in [-0.25, -0.2) is 0 Å². The number of amides is 2. The summed E-state index contributed by atoms with van der Waals surface area (Å²) in [7, 11) is 0. The minimum absolute atomic E-state index is 0.0825. The molecule has 5 heteroatoms. The Morgan fingerprint density at radius 3 is 2.43 bits per heavy atom. The van der Waals surface area contributed by atoms with Gasteiger partial charge < -0.3 is 10.6 Å². The summed E-state index contributed by atoms with van der Waals surface area (Å²) >= 11 is 1.54. The van der Waals surface area contributed by atoms with Crippen LogP contribution in [0.25, 0.3) is 0 Å². The first-order valence-electron chi connectivity index (χ1n) is 8.36. The Balaban J connectivity index is 1.77. The molecule has 4 nitrogen and oxygen atoms in total. The Bertz CT molecular complexity index is 524. The summed E-state index contributed by atoms with van der Waals surface area (Å²) in [6.45, 7) is 4.23. The summed E-state index contributed by atoms with van der Waals surface area (Å²) in [5.74, 6) is 0.675. The molecule has 1 unspecified atom stereocenters. The van der Waals surface area contributed by atoms with Crippen molar-refractivity contribution in [2.45, 2.75) is 56.1 Å². The minimum atomic E-state index is -0.120. The molecule has 2 N–H and O–H groups in total. The van der Waals surface area contributed by atoms with E-state index < -0.39 is 0 Å². The van der Waals surface area contributed by atoms with Gasteiger partial charge in [0, 0.05) is 24.1 Å². The van der Waals surface area contributed by atoms with E-state index in [1.54, 1.807) is 11.8 Å². The van der Waals surface area contributed by atoms with Gasteiger partial charge in [0.2, 0.25) is 11.8 Å². The highest BCUT2D eigenvalue weighted by molar-refractivity contribution is 8.00. The molecule has 0 radical (unpaired) electrons. The van der Waals surface area contributed by atoms with Crippen molar-refractivity contribution in [2.24, 2.45) is 5.92 Å². The maximum absolute atomic E-state index is 12.2. The summed E-state index contributed by atoms with van der Waals surface area (Å²) in [6, 6.07) is 7.58. The molecule has 1 aliphatic carbocycles. The lowest BCUT2D eigenvalue weighted by Crippen LogP contribution is -2.35. The van der Waals surface area contributed by atoms with Crippen molar-refractivity contribution in [1.29, 1.82) is 0 Å². The summed E-state index contributed by atoms with van der Waals surface area (Å²) in [5, 5.41) is 5.71. The zero-order chi connectivity index (χ0) is 16.7. The third kappa shape index (κ3) is 6.26. The number of carbonyl (C=O) groups excluding carboxylic acids is 2. The van der Waals surface area contributed by atoms with Crippen molar-refractivity contribution in [3.05, 3.63) is 24.3 Å². The number of thioether (sulfide) groups is 1. The first-order valence-corrected chi connectivity index (χ1v) is 9.24. The molecule has 0 saturated heterocycles. The molecule has 0 aromatic heterocycles. The van der Waals surface area contributed by atoms with Crippen molar-refractivity contribution >= 4 is 29.3 Å². The molecule has 126 valence electrons. The maximum Gasteiger partial charge on any atom is 0.233 e. The van der Waals surface area contributed by atoms with E-state index in [2.05, 4.69) is 10.6 Å². The fourth-order valence-corrected chi connectivity index (χ4v) is 3.75. The van der Waals surface area contributed by atoms with E-state index in [-0.39, 0.29) is 17.1 Å². The molecule has 0 bridgehead atoms. The van der Waals surface area contributed by atoms with E-state index in [1.165, 1.54) is 39.0 Å². The van der Waals surface area contributed by atoms with Gasteiger partial charge in [-0.2, -0.15) is 0 Å². The number of nitrogens with one attached hydrogen (secondary N) is 2. The van der Waals surface area contributed by atoms with Gasteiger partial charge in [-0.15, -0.1) is 11.8 Å². The maximum atomic E-state index is 12.2. The van der Waals surface area contributed by atoms with Gasteiger partial charge in [-0.3, -0.25) is 9.59 Å². The summed E-state index contributed by atoms with van der Waals surface area (Å²) in [4.78, 5) is 24.2. The predicted molar refractivity (Wildman–Crippen MR) is 95.6 cm³/mol. The number of rotatable bonds is 6. The van der Waals surface area contributed by atoms with Crippen LogP contribution in [0.5, 0.6) is 0 Å². The number of hydrogen-bond acceptors (Lipinski definition) is 3. The van der Waals surface area contributed by atoms with Crippen molar-refractivity contribution in [3.63, 3.8) is 0 Å².